The van der Waals surface area contributed by atoms with Crippen LogP contribution in [0.15, 0.2) is 18.2 Å². The number of hydrogen-bond donors (Lipinski definition) is 1. The number of likely N-dealkylation sites (tertiary alicyclic amines) is 1. The van der Waals surface area contributed by atoms with E-state index < -0.39 is 4.92 Å². The van der Waals surface area contributed by atoms with Gasteiger partial charge in [0.25, 0.3) is 11.6 Å². The molecule has 1 aromatic carbocycles. The molecule has 0 aliphatic carbocycles. The summed E-state index contributed by atoms with van der Waals surface area (Å²) in [4.78, 5) is 25.6. The van der Waals surface area contributed by atoms with Crippen molar-refractivity contribution < 1.29 is 9.72 Å². The number of hydrogen-bond acceptors (Lipinski definition) is 4. The molecule has 1 aliphatic rings. The van der Waals surface area contributed by atoms with Crippen LogP contribution in [0, 0.1) is 10.1 Å². The number of carbonyl (C=O) groups excluding carboxylic acids is 1. The number of carbonyl (C=O) groups is 1. The fourth-order valence-corrected chi connectivity index (χ4v) is 3.17. The summed E-state index contributed by atoms with van der Waals surface area (Å²) in [6.07, 6.45) is 1.94. The van der Waals surface area contributed by atoms with Crippen molar-refractivity contribution in [3.05, 3.63) is 39.4 Å². The number of nitrogens with zero attached hydrogens (tertiary/aromatic N) is 2. The van der Waals surface area contributed by atoms with E-state index in [1.54, 1.807) is 12.1 Å². The summed E-state index contributed by atoms with van der Waals surface area (Å²) in [5.41, 5.74) is 0.722. The zero-order chi connectivity index (χ0) is 17.2. The molecule has 1 atom stereocenters. The highest BCUT2D eigenvalue weighted by molar-refractivity contribution is 5.95. The number of likely N-dealkylation sites (N-methyl/N-ethyl adjacent to an activating group) is 1. The summed E-state index contributed by atoms with van der Waals surface area (Å²) in [5, 5.41) is 14.5. The van der Waals surface area contributed by atoms with Crippen LogP contribution in [0.5, 0.6) is 0 Å². The Bertz CT molecular complexity index is 608. The van der Waals surface area contributed by atoms with Gasteiger partial charge in [0.15, 0.2) is 0 Å². The molecule has 0 radical (unpaired) electrons. The molecule has 1 fully saturated rings. The van der Waals surface area contributed by atoms with E-state index >= 15 is 0 Å². The van der Waals surface area contributed by atoms with Gasteiger partial charge >= 0.3 is 0 Å². The summed E-state index contributed by atoms with van der Waals surface area (Å²) < 4.78 is 0. The van der Waals surface area contributed by atoms with Gasteiger partial charge in [-0.25, -0.2) is 0 Å². The van der Waals surface area contributed by atoms with E-state index in [-0.39, 0.29) is 23.1 Å². The standard InChI is InChI=1S/C17H25N3O3/c1-17(2,3)14-8-7-12(10-15(14)20(22)23)16(21)19-9-5-6-13(19)11-18-4/h7-8,10,13,18H,5-6,9,11H2,1-4H3. The third-order valence-corrected chi connectivity index (χ3v) is 4.33. The summed E-state index contributed by atoms with van der Waals surface area (Å²) in [5.74, 6) is -0.119. The molecule has 0 spiro atoms. The Morgan fingerprint density at radius 2 is 2.13 bits per heavy atom. The van der Waals surface area contributed by atoms with Crippen LogP contribution in [0.3, 0.4) is 0 Å². The Morgan fingerprint density at radius 3 is 2.70 bits per heavy atom. The minimum Gasteiger partial charge on any atom is -0.334 e. The van der Waals surface area contributed by atoms with E-state index in [2.05, 4.69) is 5.32 Å². The second kappa shape index (κ2) is 6.66. The van der Waals surface area contributed by atoms with Crippen molar-refractivity contribution in [1.82, 2.24) is 10.2 Å². The van der Waals surface area contributed by atoms with Crippen LogP contribution in [0.4, 0.5) is 5.69 Å². The van der Waals surface area contributed by atoms with Gasteiger partial charge in [0.2, 0.25) is 0 Å². The fraction of sp³-hybridized carbons (Fsp3) is 0.588. The predicted octanol–water partition coefficient (Wildman–Crippen LogP) is 2.72. The fourth-order valence-electron chi connectivity index (χ4n) is 3.17. The highest BCUT2D eigenvalue weighted by atomic mass is 16.6. The lowest BCUT2D eigenvalue weighted by atomic mass is 9.85. The average molecular weight is 319 g/mol. The van der Waals surface area contributed by atoms with Crippen LogP contribution in [-0.4, -0.2) is 41.9 Å². The number of amides is 1. The van der Waals surface area contributed by atoms with E-state index in [9.17, 15) is 14.9 Å². The van der Waals surface area contributed by atoms with Crippen LogP contribution in [0.25, 0.3) is 0 Å². The van der Waals surface area contributed by atoms with Crippen molar-refractivity contribution in [2.75, 3.05) is 20.1 Å². The van der Waals surface area contributed by atoms with E-state index in [0.717, 1.165) is 19.4 Å². The molecule has 23 heavy (non-hydrogen) atoms. The van der Waals surface area contributed by atoms with Crippen molar-refractivity contribution in [3.8, 4) is 0 Å². The first-order valence-electron chi connectivity index (χ1n) is 8.00. The third-order valence-electron chi connectivity index (χ3n) is 4.33. The Hall–Kier alpha value is -1.95. The molecule has 1 amide bonds. The van der Waals surface area contributed by atoms with Crippen molar-refractivity contribution in [2.45, 2.75) is 45.1 Å². The van der Waals surface area contributed by atoms with E-state index in [1.165, 1.54) is 6.07 Å². The number of nitrogens with one attached hydrogen (secondary N) is 1. The average Bonchev–Trinajstić information content (AvgIpc) is 2.93. The summed E-state index contributed by atoms with van der Waals surface area (Å²) in [6, 6.07) is 5.02. The summed E-state index contributed by atoms with van der Waals surface area (Å²) in [7, 11) is 1.87. The highest BCUT2D eigenvalue weighted by Gasteiger charge is 2.31. The third kappa shape index (κ3) is 3.69. The number of nitro benzene ring substituents is 1. The second-order valence-corrected chi connectivity index (χ2v) is 7.09. The molecule has 6 nitrogen and oxygen atoms in total. The molecule has 0 aromatic heterocycles. The normalized spacial score (nSPS) is 18.3. The van der Waals surface area contributed by atoms with Gasteiger partial charge < -0.3 is 10.2 Å². The molecule has 126 valence electrons. The van der Waals surface area contributed by atoms with Crippen LogP contribution in [0.1, 0.15) is 49.5 Å². The van der Waals surface area contributed by atoms with E-state index in [4.69, 9.17) is 0 Å². The number of nitro groups is 1. The molecule has 6 heteroatoms. The molecule has 0 saturated carbocycles. The maximum absolute atomic E-state index is 12.7. The number of benzene rings is 1. The van der Waals surface area contributed by atoms with Gasteiger partial charge in [0.1, 0.15) is 0 Å². The summed E-state index contributed by atoms with van der Waals surface area (Å²) >= 11 is 0. The molecule has 1 unspecified atom stereocenters. The molecule has 1 aliphatic heterocycles. The monoisotopic (exact) mass is 319 g/mol. The van der Waals surface area contributed by atoms with Gasteiger partial charge in [-0.1, -0.05) is 26.8 Å². The Morgan fingerprint density at radius 1 is 1.43 bits per heavy atom. The molecule has 0 bridgehead atoms. The first kappa shape index (κ1) is 17.4. The van der Waals surface area contributed by atoms with Crippen molar-refractivity contribution >= 4 is 11.6 Å². The van der Waals surface area contributed by atoms with Crippen LogP contribution in [0.2, 0.25) is 0 Å². The SMILES string of the molecule is CNCC1CCCN1C(=O)c1ccc(C(C)(C)C)c([N+](=O)[O-])c1. The zero-order valence-corrected chi connectivity index (χ0v) is 14.3. The largest absolute Gasteiger partial charge is 0.334 e. The van der Waals surface area contributed by atoms with Crippen molar-refractivity contribution in [1.29, 1.82) is 0 Å². The topological polar surface area (TPSA) is 75.5 Å². The molecule has 1 heterocycles. The van der Waals surface area contributed by atoms with Crippen LogP contribution >= 0.6 is 0 Å². The Balaban J connectivity index is 2.35. The lowest BCUT2D eigenvalue weighted by molar-refractivity contribution is -0.386. The summed E-state index contributed by atoms with van der Waals surface area (Å²) in [6.45, 7) is 7.24. The molecular formula is C17H25N3O3. The van der Waals surface area contributed by atoms with Crippen molar-refractivity contribution in [3.63, 3.8) is 0 Å². The lowest BCUT2D eigenvalue weighted by Gasteiger charge is -2.25. The predicted molar refractivity (Wildman–Crippen MR) is 89.8 cm³/mol. The molecule has 1 saturated heterocycles. The van der Waals surface area contributed by atoms with E-state index in [1.807, 2.05) is 32.7 Å². The molecular weight excluding hydrogens is 294 g/mol. The van der Waals surface area contributed by atoms with Crippen molar-refractivity contribution in [2.24, 2.45) is 0 Å². The minimum atomic E-state index is -0.396. The van der Waals surface area contributed by atoms with Gasteiger partial charge in [0, 0.05) is 36.3 Å². The van der Waals surface area contributed by atoms with E-state index in [0.29, 0.717) is 17.7 Å². The van der Waals surface area contributed by atoms with Gasteiger partial charge in [-0.3, -0.25) is 14.9 Å². The van der Waals surface area contributed by atoms with Crippen LogP contribution in [-0.2, 0) is 5.41 Å². The highest BCUT2D eigenvalue weighted by Crippen LogP contribution is 2.32. The Kier molecular flexibility index (Phi) is 5.04. The van der Waals surface area contributed by atoms with Gasteiger partial charge in [-0.15, -0.1) is 0 Å². The van der Waals surface area contributed by atoms with Gasteiger partial charge in [-0.05, 0) is 31.4 Å². The lowest BCUT2D eigenvalue weighted by Crippen LogP contribution is -2.40. The number of rotatable bonds is 4. The Labute approximate surface area is 137 Å². The van der Waals surface area contributed by atoms with Crippen LogP contribution < -0.4 is 5.32 Å². The maximum Gasteiger partial charge on any atom is 0.273 e. The zero-order valence-electron chi connectivity index (χ0n) is 14.3. The quantitative estimate of drug-likeness (QED) is 0.684. The first-order valence-corrected chi connectivity index (χ1v) is 8.00. The molecule has 1 N–H and O–H groups in total. The first-order chi connectivity index (χ1) is 10.8. The molecule has 1 aromatic rings. The molecule has 2 rings (SSSR count). The van der Waals surface area contributed by atoms with Gasteiger partial charge in [0.05, 0.1) is 4.92 Å². The minimum absolute atomic E-state index is 0.0210. The van der Waals surface area contributed by atoms with Gasteiger partial charge in [-0.2, -0.15) is 0 Å². The maximum atomic E-state index is 12.7. The smallest absolute Gasteiger partial charge is 0.273 e. The second-order valence-electron chi connectivity index (χ2n) is 7.09.